The molecule has 2 nitrogen and oxygen atoms in total. The molecule has 0 aliphatic heterocycles. The minimum atomic E-state index is 0.486. The van der Waals surface area contributed by atoms with Crippen molar-refractivity contribution < 1.29 is 0 Å². The van der Waals surface area contributed by atoms with Crippen molar-refractivity contribution in [1.29, 1.82) is 0 Å². The summed E-state index contributed by atoms with van der Waals surface area (Å²) in [7, 11) is 0. The molecule has 0 aromatic carbocycles. The summed E-state index contributed by atoms with van der Waals surface area (Å²) in [5, 5.41) is 3.53. The first-order valence-electron chi connectivity index (χ1n) is 9.09. The molecule has 0 saturated heterocycles. The van der Waals surface area contributed by atoms with Crippen LogP contribution in [0.5, 0.6) is 0 Å². The van der Waals surface area contributed by atoms with Gasteiger partial charge in [-0.1, -0.05) is 42.9 Å². The van der Waals surface area contributed by atoms with E-state index in [0.717, 1.165) is 32.4 Å². The Morgan fingerprint density at radius 2 is 2.17 bits per heavy atom. The smallest absolute Gasteiger partial charge is 0.0507 e. The minimum Gasteiger partial charge on any atom is -0.317 e. The second kappa shape index (κ2) is 8.26. The summed E-state index contributed by atoms with van der Waals surface area (Å²) >= 11 is 0. The molecule has 2 aliphatic carbocycles. The Morgan fingerprint density at radius 1 is 1.22 bits per heavy atom. The number of hydrogen-bond donors (Lipinski definition) is 1. The Morgan fingerprint density at radius 3 is 3.09 bits per heavy atom. The van der Waals surface area contributed by atoms with Gasteiger partial charge in [-0.3, -0.25) is 4.98 Å². The molecule has 0 fully saturated rings. The highest BCUT2D eigenvalue weighted by atomic mass is 14.8. The topological polar surface area (TPSA) is 24.9 Å². The molecule has 0 bridgehead atoms. The van der Waals surface area contributed by atoms with Crippen molar-refractivity contribution in [3.05, 3.63) is 65.0 Å². The summed E-state index contributed by atoms with van der Waals surface area (Å²) in [6, 6.07) is 4.36. The highest BCUT2D eigenvalue weighted by molar-refractivity contribution is 5.43. The molecule has 1 heterocycles. The molecule has 3 rings (SSSR count). The quantitative estimate of drug-likeness (QED) is 0.770. The van der Waals surface area contributed by atoms with Crippen molar-refractivity contribution in [1.82, 2.24) is 10.3 Å². The van der Waals surface area contributed by atoms with Crippen LogP contribution in [0.1, 0.15) is 56.2 Å². The lowest BCUT2D eigenvalue weighted by Gasteiger charge is -2.21. The van der Waals surface area contributed by atoms with Crippen molar-refractivity contribution in [2.45, 2.75) is 51.4 Å². The summed E-state index contributed by atoms with van der Waals surface area (Å²) in [6.07, 6.45) is 17.9. The first-order chi connectivity index (χ1) is 11.4. The third-order valence-electron chi connectivity index (χ3n) is 4.91. The summed E-state index contributed by atoms with van der Waals surface area (Å²) < 4.78 is 0. The number of pyridine rings is 1. The summed E-state index contributed by atoms with van der Waals surface area (Å²) in [5.74, 6) is 0.486. The van der Waals surface area contributed by atoms with E-state index in [1.54, 1.807) is 11.1 Å². The van der Waals surface area contributed by atoms with Crippen molar-refractivity contribution in [2.75, 3.05) is 13.1 Å². The fraction of sp³-hybridized carbons (Fsp3) is 0.476. The number of rotatable bonds is 6. The molecule has 1 N–H and O–H groups in total. The van der Waals surface area contributed by atoms with Crippen molar-refractivity contribution >= 4 is 0 Å². The van der Waals surface area contributed by atoms with E-state index in [9.17, 15) is 0 Å². The number of allylic oxidation sites excluding steroid dienone is 6. The van der Waals surface area contributed by atoms with Crippen LogP contribution >= 0.6 is 0 Å². The molecule has 122 valence electrons. The summed E-state index contributed by atoms with van der Waals surface area (Å²) in [4.78, 5) is 4.79. The number of aryl methyl sites for hydroxylation is 1. The highest BCUT2D eigenvalue weighted by Gasteiger charge is 2.25. The third kappa shape index (κ3) is 4.00. The molecule has 1 atom stereocenters. The number of hydrogen-bond acceptors (Lipinski definition) is 2. The Kier molecular flexibility index (Phi) is 5.82. The minimum absolute atomic E-state index is 0.486. The van der Waals surface area contributed by atoms with Crippen LogP contribution in [0, 0.1) is 0 Å². The molecule has 0 saturated carbocycles. The van der Waals surface area contributed by atoms with Gasteiger partial charge in [0, 0.05) is 12.1 Å². The number of aromatic nitrogens is 1. The fourth-order valence-electron chi connectivity index (χ4n) is 3.75. The van der Waals surface area contributed by atoms with E-state index in [-0.39, 0.29) is 0 Å². The third-order valence-corrected chi connectivity index (χ3v) is 4.91. The van der Waals surface area contributed by atoms with Crippen LogP contribution in [0.25, 0.3) is 0 Å². The van der Waals surface area contributed by atoms with E-state index in [2.05, 4.69) is 48.7 Å². The summed E-state index contributed by atoms with van der Waals surface area (Å²) in [6.45, 7) is 4.46. The average Bonchev–Trinajstić information content (AvgIpc) is 2.89. The van der Waals surface area contributed by atoms with Gasteiger partial charge in [0.15, 0.2) is 0 Å². The Bertz CT molecular complexity index is 610. The van der Waals surface area contributed by atoms with Crippen molar-refractivity contribution in [3.8, 4) is 0 Å². The predicted octanol–water partition coefficient (Wildman–Crippen LogP) is 4.70. The van der Waals surface area contributed by atoms with E-state index >= 15 is 0 Å². The van der Waals surface area contributed by atoms with Gasteiger partial charge in [-0.15, -0.1) is 0 Å². The lowest BCUT2D eigenvalue weighted by Crippen LogP contribution is -2.17. The van der Waals surface area contributed by atoms with Crippen LogP contribution in [-0.4, -0.2) is 18.1 Å². The van der Waals surface area contributed by atoms with Crippen molar-refractivity contribution in [3.63, 3.8) is 0 Å². The van der Waals surface area contributed by atoms with Crippen LogP contribution in [0.3, 0.4) is 0 Å². The molecule has 23 heavy (non-hydrogen) atoms. The average molecular weight is 308 g/mol. The van der Waals surface area contributed by atoms with Crippen LogP contribution < -0.4 is 5.32 Å². The van der Waals surface area contributed by atoms with E-state index in [0.29, 0.717) is 5.92 Å². The molecule has 2 aliphatic rings. The van der Waals surface area contributed by atoms with Gasteiger partial charge in [0.25, 0.3) is 0 Å². The SMILES string of the molecule is CCCNCCCC1C2=C(C=CC=CC2)CCc2cccnc21. The molecule has 0 spiro atoms. The van der Waals surface area contributed by atoms with E-state index < -0.39 is 0 Å². The number of nitrogens with zero attached hydrogens (tertiary/aromatic N) is 1. The monoisotopic (exact) mass is 308 g/mol. The first kappa shape index (κ1) is 16.2. The molecule has 1 unspecified atom stereocenters. The normalized spacial score (nSPS) is 20.0. The molecular weight excluding hydrogens is 280 g/mol. The van der Waals surface area contributed by atoms with Gasteiger partial charge in [-0.25, -0.2) is 0 Å². The van der Waals surface area contributed by atoms with Crippen molar-refractivity contribution in [2.24, 2.45) is 0 Å². The summed E-state index contributed by atoms with van der Waals surface area (Å²) in [5.41, 5.74) is 5.92. The molecule has 0 amide bonds. The molecule has 0 radical (unpaired) electrons. The lowest BCUT2D eigenvalue weighted by molar-refractivity contribution is 0.575. The maximum atomic E-state index is 4.79. The maximum Gasteiger partial charge on any atom is 0.0507 e. The fourth-order valence-corrected chi connectivity index (χ4v) is 3.75. The second-order valence-corrected chi connectivity index (χ2v) is 6.53. The van der Waals surface area contributed by atoms with E-state index in [1.165, 1.54) is 30.5 Å². The van der Waals surface area contributed by atoms with Gasteiger partial charge in [0.2, 0.25) is 0 Å². The van der Waals surface area contributed by atoms with Crippen LogP contribution in [0.2, 0.25) is 0 Å². The maximum absolute atomic E-state index is 4.79. The lowest BCUT2D eigenvalue weighted by atomic mass is 9.85. The largest absolute Gasteiger partial charge is 0.317 e. The highest BCUT2D eigenvalue weighted by Crippen LogP contribution is 2.39. The van der Waals surface area contributed by atoms with Crippen LogP contribution in [0.4, 0.5) is 0 Å². The zero-order chi connectivity index (χ0) is 15.9. The Hall–Kier alpha value is -1.67. The number of nitrogens with one attached hydrogen (secondary N) is 1. The standard InChI is InChI=1S/C21H28N2/c1-2-14-22-15-7-11-20-19-10-5-3-4-8-17(19)12-13-18-9-6-16-23-21(18)20/h3-6,8-9,16,20,22H,2,7,10-15H2,1H3. The van der Waals surface area contributed by atoms with Crippen LogP contribution in [0.15, 0.2) is 53.8 Å². The van der Waals surface area contributed by atoms with Gasteiger partial charge < -0.3 is 5.32 Å². The Labute approximate surface area is 140 Å². The Balaban J connectivity index is 1.82. The molecule has 1 aromatic heterocycles. The second-order valence-electron chi connectivity index (χ2n) is 6.53. The first-order valence-corrected chi connectivity index (χ1v) is 9.09. The van der Waals surface area contributed by atoms with Gasteiger partial charge in [0.1, 0.15) is 0 Å². The number of fused-ring (bicyclic) bond motifs is 1. The van der Waals surface area contributed by atoms with E-state index in [4.69, 9.17) is 4.98 Å². The molecule has 2 heteroatoms. The zero-order valence-electron chi connectivity index (χ0n) is 14.2. The predicted molar refractivity (Wildman–Crippen MR) is 97.6 cm³/mol. The van der Waals surface area contributed by atoms with Crippen LogP contribution in [-0.2, 0) is 6.42 Å². The van der Waals surface area contributed by atoms with E-state index in [1.807, 2.05) is 6.20 Å². The van der Waals surface area contributed by atoms with Gasteiger partial charge in [0.05, 0.1) is 5.69 Å². The van der Waals surface area contributed by atoms with Gasteiger partial charge in [-0.2, -0.15) is 0 Å². The molecular formula is C21H28N2. The zero-order valence-corrected chi connectivity index (χ0v) is 14.2. The molecule has 1 aromatic rings. The van der Waals surface area contributed by atoms with Gasteiger partial charge in [-0.05, 0) is 68.8 Å². The van der Waals surface area contributed by atoms with Gasteiger partial charge >= 0.3 is 0 Å².